The Hall–Kier alpha value is -2.57. The largest absolute Gasteiger partial charge is 0.496 e. The molecule has 0 saturated carbocycles. The summed E-state index contributed by atoms with van der Waals surface area (Å²) in [6.07, 6.45) is 4.87. The monoisotopic (exact) mass is 288 g/mol. The summed E-state index contributed by atoms with van der Waals surface area (Å²) in [6, 6.07) is 1.58. The van der Waals surface area contributed by atoms with Crippen LogP contribution in [0.1, 0.15) is 28.0 Å². The first-order valence-electron chi connectivity index (χ1n) is 6.76. The van der Waals surface area contributed by atoms with E-state index in [4.69, 9.17) is 4.74 Å². The highest BCUT2D eigenvalue weighted by molar-refractivity contribution is 5.96. The summed E-state index contributed by atoms with van der Waals surface area (Å²) in [7, 11) is 1.45. The number of pyridine rings is 1. The second-order valence-corrected chi connectivity index (χ2v) is 4.95. The van der Waals surface area contributed by atoms with Crippen LogP contribution in [0.3, 0.4) is 0 Å². The molecule has 1 aliphatic rings. The second kappa shape index (κ2) is 5.43. The van der Waals surface area contributed by atoms with Gasteiger partial charge in [-0.1, -0.05) is 0 Å². The molecule has 0 saturated heterocycles. The summed E-state index contributed by atoms with van der Waals surface area (Å²) in [5.41, 5.74) is 1.66. The van der Waals surface area contributed by atoms with Gasteiger partial charge in [-0.05, 0) is 18.9 Å². The number of amides is 1. The van der Waals surface area contributed by atoms with Gasteiger partial charge in [0.2, 0.25) is 0 Å². The third kappa shape index (κ3) is 2.42. The number of methoxy groups -OCH3 is 1. The lowest BCUT2D eigenvalue weighted by Crippen LogP contribution is -2.34. The zero-order valence-electron chi connectivity index (χ0n) is 11.7. The molecule has 0 unspecified atom stereocenters. The first-order valence-corrected chi connectivity index (χ1v) is 6.76. The van der Waals surface area contributed by atoms with Crippen LogP contribution in [0.2, 0.25) is 0 Å². The molecule has 1 amide bonds. The molecule has 3 heterocycles. The Bertz CT molecular complexity index is 719. The number of fused-ring (bicyclic) bond motifs is 1. The van der Waals surface area contributed by atoms with E-state index < -0.39 is 5.56 Å². The Kier molecular flexibility index (Phi) is 3.47. The molecule has 2 aromatic rings. The lowest BCUT2D eigenvalue weighted by atomic mass is 10.2. The Balaban J connectivity index is 1.94. The summed E-state index contributed by atoms with van der Waals surface area (Å²) in [6.45, 7) is 1.04. The summed E-state index contributed by atoms with van der Waals surface area (Å²) >= 11 is 0. The molecule has 3 rings (SSSR count). The Labute approximate surface area is 120 Å². The number of H-pyrrole nitrogens is 2. The number of nitrogens with zero attached hydrogens (tertiary/aromatic N) is 2. The molecule has 0 atom stereocenters. The van der Waals surface area contributed by atoms with E-state index in [1.807, 2.05) is 0 Å². The number of aryl methyl sites for hydroxylation is 1. The quantitative estimate of drug-likeness (QED) is 0.850. The maximum atomic E-state index is 12.7. The van der Waals surface area contributed by atoms with Crippen LogP contribution in [0.25, 0.3) is 0 Å². The number of hydrogen-bond acceptors (Lipinski definition) is 4. The number of carbonyl (C=O) groups excluding carboxylic acids is 1. The zero-order chi connectivity index (χ0) is 14.8. The van der Waals surface area contributed by atoms with E-state index in [0.29, 0.717) is 18.8 Å². The molecule has 110 valence electrons. The Morgan fingerprint density at radius 2 is 2.33 bits per heavy atom. The Morgan fingerprint density at radius 3 is 3.14 bits per heavy atom. The smallest absolute Gasteiger partial charge is 0.264 e. The lowest BCUT2D eigenvalue weighted by molar-refractivity contribution is 0.0740. The molecule has 2 N–H and O–H groups in total. The third-order valence-corrected chi connectivity index (χ3v) is 3.67. The van der Waals surface area contributed by atoms with E-state index in [0.717, 1.165) is 24.1 Å². The minimum atomic E-state index is -0.434. The fraction of sp³-hybridized carbons (Fsp3) is 0.357. The zero-order valence-corrected chi connectivity index (χ0v) is 11.7. The number of aromatic amines is 2. The van der Waals surface area contributed by atoms with Gasteiger partial charge < -0.3 is 14.6 Å². The van der Waals surface area contributed by atoms with Gasteiger partial charge in [-0.25, -0.2) is 0 Å². The summed E-state index contributed by atoms with van der Waals surface area (Å²) in [5.74, 6) is -0.0248. The molecule has 7 nitrogen and oxygen atoms in total. The molecule has 1 aliphatic heterocycles. The second-order valence-electron chi connectivity index (χ2n) is 4.95. The number of aromatic nitrogens is 3. The summed E-state index contributed by atoms with van der Waals surface area (Å²) < 4.78 is 5.14. The number of ether oxygens (including phenoxy) is 1. The standard InChI is InChI=1S/C14H16N4O3/c1-21-11-4-5-15-13(19)12(11)14(20)18-6-2-3-10-9(8-18)7-16-17-10/h4-5,7H,2-3,6,8H2,1H3,(H,15,19)(H,16,17). The van der Waals surface area contributed by atoms with Crippen molar-refractivity contribution >= 4 is 5.91 Å². The number of hydrogen-bond donors (Lipinski definition) is 2. The molecule has 7 heteroatoms. The van der Waals surface area contributed by atoms with Crippen LogP contribution < -0.4 is 10.3 Å². The predicted molar refractivity (Wildman–Crippen MR) is 75.3 cm³/mol. The molecule has 2 aromatic heterocycles. The van der Waals surface area contributed by atoms with Crippen LogP contribution in [0, 0.1) is 0 Å². The van der Waals surface area contributed by atoms with E-state index in [1.54, 1.807) is 17.2 Å². The summed E-state index contributed by atoms with van der Waals surface area (Å²) in [4.78, 5) is 28.8. The molecule has 0 bridgehead atoms. The van der Waals surface area contributed by atoms with Gasteiger partial charge in [0.1, 0.15) is 11.3 Å². The van der Waals surface area contributed by atoms with E-state index in [1.165, 1.54) is 13.3 Å². The third-order valence-electron chi connectivity index (χ3n) is 3.67. The van der Waals surface area contributed by atoms with Crippen molar-refractivity contribution in [1.82, 2.24) is 20.1 Å². The maximum Gasteiger partial charge on any atom is 0.264 e. The highest BCUT2D eigenvalue weighted by Gasteiger charge is 2.25. The van der Waals surface area contributed by atoms with Crippen molar-refractivity contribution < 1.29 is 9.53 Å². The fourth-order valence-electron chi connectivity index (χ4n) is 2.59. The molecular weight excluding hydrogens is 272 g/mol. The Morgan fingerprint density at radius 1 is 1.48 bits per heavy atom. The van der Waals surface area contributed by atoms with Gasteiger partial charge in [-0.3, -0.25) is 14.7 Å². The highest BCUT2D eigenvalue weighted by atomic mass is 16.5. The van der Waals surface area contributed by atoms with Crippen molar-refractivity contribution in [2.75, 3.05) is 13.7 Å². The number of rotatable bonds is 2. The minimum absolute atomic E-state index is 0.0481. The molecule has 0 radical (unpaired) electrons. The fourth-order valence-corrected chi connectivity index (χ4v) is 2.59. The van der Waals surface area contributed by atoms with Crippen molar-refractivity contribution in [3.05, 3.63) is 45.6 Å². The number of carbonyl (C=O) groups is 1. The van der Waals surface area contributed by atoms with Gasteiger partial charge in [0.15, 0.2) is 0 Å². The molecule has 0 aromatic carbocycles. The van der Waals surface area contributed by atoms with Crippen molar-refractivity contribution in [3.8, 4) is 5.75 Å². The molecular formula is C14H16N4O3. The van der Waals surface area contributed by atoms with Crippen molar-refractivity contribution in [2.24, 2.45) is 0 Å². The van der Waals surface area contributed by atoms with E-state index >= 15 is 0 Å². The maximum absolute atomic E-state index is 12.7. The SMILES string of the molecule is COc1cc[nH]c(=O)c1C(=O)N1CCCc2[nH]ncc2C1. The van der Waals surface area contributed by atoms with E-state index in [9.17, 15) is 9.59 Å². The van der Waals surface area contributed by atoms with Gasteiger partial charge in [0, 0.05) is 30.5 Å². The predicted octanol–water partition coefficient (Wildman–Crippen LogP) is 0.695. The van der Waals surface area contributed by atoms with Gasteiger partial charge in [0.25, 0.3) is 11.5 Å². The summed E-state index contributed by atoms with van der Waals surface area (Å²) in [5, 5.41) is 6.96. The molecule has 21 heavy (non-hydrogen) atoms. The van der Waals surface area contributed by atoms with Crippen LogP contribution in [0.4, 0.5) is 0 Å². The number of nitrogens with one attached hydrogen (secondary N) is 2. The van der Waals surface area contributed by atoms with Crippen LogP contribution in [-0.2, 0) is 13.0 Å². The first-order chi connectivity index (χ1) is 10.2. The van der Waals surface area contributed by atoms with Crippen molar-refractivity contribution in [2.45, 2.75) is 19.4 Å². The van der Waals surface area contributed by atoms with E-state index in [-0.39, 0.29) is 11.5 Å². The average Bonchev–Trinajstić information content (AvgIpc) is 2.83. The van der Waals surface area contributed by atoms with Crippen LogP contribution >= 0.6 is 0 Å². The molecule has 0 spiro atoms. The van der Waals surface area contributed by atoms with E-state index in [2.05, 4.69) is 15.2 Å². The average molecular weight is 288 g/mol. The van der Waals surface area contributed by atoms with Crippen molar-refractivity contribution in [1.29, 1.82) is 0 Å². The topological polar surface area (TPSA) is 91.1 Å². The van der Waals surface area contributed by atoms with Crippen LogP contribution in [0.5, 0.6) is 5.75 Å². The molecule has 0 fully saturated rings. The minimum Gasteiger partial charge on any atom is -0.496 e. The van der Waals surface area contributed by atoms with Crippen molar-refractivity contribution in [3.63, 3.8) is 0 Å². The lowest BCUT2D eigenvalue weighted by Gasteiger charge is -2.20. The van der Waals surface area contributed by atoms with Gasteiger partial charge in [-0.2, -0.15) is 5.10 Å². The van der Waals surface area contributed by atoms with Crippen LogP contribution in [0.15, 0.2) is 23.3 Å². The van der Waals surface area contributed by atoms with Crippen LogP contribution in [-0.4, -0.2) is 39.6 Å². The highest BCUT2D eigenvalue weighted by Crippen LogP contribution is 2.20. The van der Waals surface area contributed by atoms with Gasteiger partial charge >= 0.3 is 0 Å². The van der Waals surface area contributed by atoms with Gasteiger partial charge in [0.05, 0.1) is 13.3 Å². The van der Waals surface area contributed by atoms with Gasteiger partial charge in [-0.15, -0.1) is 0 Å². The normalized spacial score (nSPS) is 14.4. The first kappa shape index (κ1) is 13.4. The molecule has 0 aliphatic carbocycles.